The van der Waals surface area contributed by atoms with Crippen LogP contribution in [0.1, 0.15) is 15.9 Å². The van der Waals surface area contributed by atoms with Crippen molar-refractivity contribution in [3.63, 3.8) is 0 Å². The lowest BCUT2D eigenvalue weighted by Crippen LogP contribution is -2.25. The van der Waals surface area contributed by atoms with E-state index >= 15 is 0 Å². The van der Waals surface area contributed by atoms with Crippen LogP contribution in [0.5, 0.6) is 5.75 Å². The number of carbonyl (C=O) groups excluding carboxylic acids is 1. The van der Waals surface area contributed by atoms with Gasteiger partial charge in [0.05, 0.1) is 24.7 Å². The van der Waals surface area contributed by atoms with Crippen LogP contribution in [0.15, 0.2) is 41.5 Å². The maximum atomic E-state index is 13.6. The Hall–Kier alpha value is -2.84. The number of esters is 1. The standard InChI is InChI=1S/C30H44N2O7Si2/c1-35-18-24-15-22(30(34)36-2)9-10-25(24)23-16-26-28(27(17-23)39-21-38-12-14-41(6,7)8)31-19-32(29(26)33)20-37-11-13-40(3,4)5/h9-10,15-17,19H,11-14,18,20-21H2,1-8H3. The van der Waals surface area contributed by atoms with Crippen molar-refractivity contribution in [1.29, 1.82) is 0 Å². The van der Waals surface area contributed by atoms with Crippen LogP contribution in [0.25, 0.3) is 22.0 Å². The fourth-order valence-electron chi connectivity index (χ4n) is 4.07. The first-order valence-corrected chi connectivity index (χ1v) is 21.3. The molecule has 1 aromatic heterocycles. The molecule has 0 aliphatic carbocycles. The highest BCUT2D eigenvalue weighted by molar-refractivity contribution is 6.76. The van der Waals surface area contributed by atoms with Crippen molar-refractivity contribution in [2.45, 2.75) is 64.7 Å². The van der Waals surface area contributed by atoms with E-state index in [0.29, 0.717) is 35.4 Å². The van der Waals surface area contributed by atoms with E-state index in [2.05, 4.69) is 44.3 Å². The van der Waals surface area contributed by atoms with Gasteiger partial charge in [0.1, 0.15) is 24.3 Å². The van der Waals surface area contributed by atoms with E-state index in [4.69, 9.17) is 23.7 Å². The first-order valence-electron chi connectivity index (χ1n) is 13.8. The number of ether oxygens (including phenoxy) is 5. The van der Waals surface area contributed by atoms with Gasteiger partial charge in [-0.25, -0.2) is 9.78 Å². The molecule has 0 amide bonds. The summed E-state index contributed by atoms with van der Waals surface area (Å²) in [7, 11) is 0.437. The molecule has 0 radical (unpaired) electrons. The minimum absolute atomic E-state index is 0.0415. The van der Waals surface area contributed by atoms with Crippen molar-refractivity contribution in [1.82, 2.24) is 9.55 Å². The number of nitrogens with zero attached hydrogens (tertiary/aromatic N) is 2. The average molecular weight is 601 g/mol. The number of methoxy groups -OCH3 is 2. The number of carbonyl (C=O) groups is 1. The molecule has 41 heavy (non-hydrogen) atoms. The average Bonchev–Trinajstić information content (AvgIpc) is 2.90. The third-order valence-corrected chi connectivity index (χ3v) is 9.96. The topological polar surface area (TPSA) is 98.1 Å². The summed E-state index contributed by atoms with van der Waals surface area (Å²) < 4.78 is 29.5. The molecule has 0 unspecified atom stereocenters. The van der Waals surface area contributed by atoms with Crippen LogP contribution in [-0.4, -0.2) is 65.9 Å². The first kappa shape index (κ1) is 32.7. The van der Waals surface area contributed by atoms with Gasteiger partial charge in [0.15, 0.2) is 6.79 Å². The molecule has 0 saturated carbocycles. The maximum Gasteiger partial charge on any atom is 0.337 e. The van der Waals surface area contributed by atoms with Crippen LogP contribution in [0.4, 0.5) is 0 Å². The maximum absolute atomic E-state index is 13.6. The monoisotopic (exact) mass is 600 g/mol. The van der Waals surface area contributed by atoms with Gasteiger partial charge >= 0.3 is 5.97 Å². The van der Waals surface area contributed by atoms with Gasteiger partial charge in [-0.1, -0.05) is 45.3 Å². The summed E-state index contributed by atoms with van der Waals surface area (Å²) in [5, 5.41) is 0.399. The molecular formula is C30H44N2O7Si2. The van der Waals surface area contributed by atoms with E-state index in [9.17, 15) is 9.59 Å². The predicted octanol–water partition coefficient (Wildman–Crippen LogP) is 6.00. The third-order valence-electron chi connectivity index (χ3n) is 6.55. The predicted molar refractivity (Wildman–Crippen MR) is 167 cm³/mol. The van der Waals surface area contributed by atoms with Gasteiger partial charge < -0.3 is 23.7 Å². The molecule has 0 aliphatic heterocycles. The Morgan fingerprint density at radius 1 is 0.927 bits per heavy atom. The smallest absolute Gasteiger partial charge is 0.337 e. The normalized spacial score (nSPS) is 12.1. The molecule has 0 atom stereocenters. The van der Waals surface area contributed by atoms with E-state index in [1.165, 1.54) is 18.0 Å². The summed E-state index contributed by atoms with van der Waals surface area (Å²) in [5.41, 5.74) is 2.93. The van der Waals surface area contributed by atoms with Crippen LogP contribution in [-0.2, 0) is 32.3 Å². The molecule has 0 spiro atoms. The zero-order valence-electron chi connectivity index (χ0n) is 25.7. The van der Waals surface area contributed by atoms with Crippen molar-refractivity contribution in [2.75, 3.05) is 34.2 Å². The molecular weight excluding hydrogens is 557 g/mol. The minimum Gasteiger partial charge on any atom is -0.465 e. The van der Waals surface area contributed by atoms with E-state index in [-0.39, 0.29) is 25.7 Å². The van der Waals surface area contributed by atoms with Crippen molar-refractivity contribution >= 4 is 33.0 Å². The Labute approximate surface area is 244 Å². The van der Waals surface area contributed by atoms with Crippen molar-refractivity contribution in [2.24, 2.45) is 0 Å². The number of hydrogen-bond donors (Lipinski definition) is 0. The van der Waals surface area contributed by atoms with Gasteiger partial charge in [-0.3, -0.25) is 9.36 Å². The van der Waals surface area contributed by atoms with E-state index in [1.807, 2.05) is 12.1 Å². The number of aromatic nitrogens is 2. The minimum atomic E-state index is -1.25. The van der Waals surface area contributed by atoms with Gasteiger partial charge in [0.2, 0.25) is 0 Å². The number of hydrogen-bond acceptors (Lipinski definition) is 8. The molecule has 3 rings (SSSR count). The summed E-state index contributed by atoms with van der Waals surface area (Å²) in [5.74, 6) is 0.00272. The first-order chi connectivity index (χ1) is 19.3. The van der Waals surface area contributed by atoms with Gasteiger partial charge in [-0.15, -0.1) is 0 Å². The molecule has 9 nitrogen and oxygen atoms in total. The molecule has 1 heterocycles. The van der Waals surface area contributed by atoms with Gasteiger partial charge in [0, 0.05) is 36.5 Å². The zero-order valence-corrected chi connectivity index (χ0v) is 27.7. The molecule has 0 fully saturated rings. The lowest BCUT2D eigenvalue weighted by Gasteiger charge is -2.17. The molecule has 224 valence electrons. The Morgan fingerprint density at radius 2 is 1.61 bits per heavy atom. The molecule has 0 bridgehead atoms. The van der Waals surface area contributed by atoms with Crippen molar-refractivity contribution in [3.8, 4) is 16.9 Å². The van der Waals surface area contributed by atoms with Crippen LogP contribution in [0, 0.1) is 0 Å². The van der Waals surface area contributed by atoms with Crippen molar-refractivity contribution in [3.05, 3.63) is 58.1 Å². The number of rotatable bonds is 15. The van der Waals surface area contributed by atoms with Crippen LogP contribution in [0.3, 0.4) is 0 Å². The molecule has 11 heteroatoms. The summed E-state index contributed by atoms with van der Waals surface area (Å²) in [4.78, 5) is 30.4. The number of benzene rings is 2. The van der Waals surface area contributed by atoms with Crippen LogP contribution >= 0.6 is 0 Å². The van der Waals surface area contributed by atoms with Gasteiger partial charge in [-0.05, 0) is 53.0 Å². The van der Waals surface area contributed by atoms with E-state index in [0.717, 1.165) is 28.8 Å². The summed E-state index contributed by atoms with van der Waals surface area (Å²) >= 11 is 0. The Bertz CT molecular complexity index is 1390. The summed E-state index contributed by atoms with van der Waals surface area (Å²) in [6.45, 7) is 15.4. The number of fused-ring (bicyclic) bond motifs is 1. The molecule has 3 aromatic rings. The summed E-state index contributed by atoms with van der Waals surface area (Å²) in [6, 6.07) is 10.9. The highest BCUT2D eigenvalue weighted by Crippen LogP contribution is 2.33. The third kappa shape index (κ3) is 9.61. The van der Waals surface area contributed by atoms with E-state index < -0.39 is 22.1 Å². The Kier molecular flexibility index (Phi) is 11.4. The van der Waals surface area contributed by atoms with Crippen molar-refractivity contribution < 1.29 is 28.5 Å². The second kappa shape index (κ2) is 14.4. The molecule has 0 saturated heterocycles. The second-order valence-corrected chi connectivity index (χ2v) is 23.8. The lowest BCUT2D eigenvalue weighted by molar-refractivity contribution is 0.0228. The molecule has 0 aliphatic rings. The SMILES string of the molecule is COCc1cc(C(=O)OC)ccc1-c1cc(OCOCC[Si](C)(C)C)c2ncn(COCC[Si](C)(C)C)c(=O)c2c1. The van der Waals surface area contributed by atoms with E-state index in [1.54, 1.807) is 25.3 Å². The molecule has 2 aromatic carbocycles. The fraction of sp³-hybridized carbons (Fsp3) is 0.500. The van der Waals surface area contributed by atoms with Gasteiger partial charge in [-0.2, -0.15) is 0 Å². The fourth-order valence-corrected chi connectivity index (χ4v) is 5.59. The summed E-state index contributed by atoms with van der Waals surface area (Å²) in [6.07, 6.45) is 1.50. The highest BCUT2D eigenvalue weighted by atomic mass is 28.3. The largest absolute Gasteiger partial charge is 0.465 e. The highest BCUT2D eigenvalue weighted by Gasteiger charge is 2.18. The van der Waals surface area contributed by atoms with Gasteiger partial charge in [0.25, 0.3) is 5.56 Å². The van der Waals surface area contributed by atoms with Crippen LogP contribution in [0.2, 0.25) is 51.4 Å². The van der Waals surface area contributed by atoms with Crippen LogP contribution < -0.4 is 10.3 Å². The zero-order chi connectivity index (χ0) is 30.2. The molecule has 0 N–H and O–H groups in total. The second-order valence-electron chi connectivity index (χ2n) is 12.5. The Balaban J connectivity index is 2.02. The quantitative estimate of drug-likeness (QED) is 0.0907. The Morgan fingerprint density at radius 3 is 2.24 bits per heavy atom. The lowest BCUT2D eigenvalue weighted by atomic mass is 9.96.